The number of allylic oxidation sites excluding steroid dienone is 2. The van der Waals surface area contributed by atoms with Gasteiger partial charge in [-0.2, -0.15) is 0 Å². The van der Waals surface area contributed by atoms with Gasteiger partial charge in [0.05, 0.1) is 23.4 Å². The number of aromatic nitrogens is 2. The molecular formula is C22H21N3O3. The van der Waals surface area contributed by atoms with Crippen LogP contribution in [0.25, 0.3) is 5.69 Å². The molecule has 0 unspecified atom stereocenters. The molecule has 0 saturated heterocycles. The van der Waals surface area contributed by atoms with Gasteiger partial charge in [0, 0.05) is 17.7 Å². The standard InChI is InChI=1S/C22H21N3O3/c1-22(2)11-14-17(15(26)12-22)18(16-9-6-10-28-16)19-20(23-14)24-25(21(19)27)13-7-4-3-5-8-13/h3-10,18,23-24H,11-12H2,1-2H3/t18-/m0/s1. The third kappa shape index (κ3) is 2.48. The van der Waals surface area contributed by atoms with E-state index in [9.17, 15) is 9.59 Å². The van der Waals surface area contributed by atoms with Crippen LogP contribution in [-0.2, 0) is 4.79 Å². The van der Waals surface area contributed by atoms with Gasteiger partial charge in [0.15, 0.2) is 5.78 Å². The van der Waals surface area contributed by atoms with Crippen LogP contribution in [-0.4, -0.2) is 15.6 Å². The van der Waals surface area contributed by atoms with Crippen molar-refractivity contribution in [2.45, 2.75) is 32.6 Å². The number of H-pyrrole nitrogens is 1. The van der Waals surface area contributed by atoms with Crippen molar-refractivity contribution >= 4 is 11.6 Å². The number of nitrogens with zero attached hydrogens (tertiary/aromatic N) is 1. The zero-order valence-electron chi connectivity index (χ0n) is 15.8. The number of carbonyl (C=O) groups excluding carboxylic acids is 1. The summed E-state index contributed by atoms with van der Waals surface area (Å²) >= 11 is 0. The fourth-order valence-electron chi connectivity index (χ4n) is 4.39. The summed E-state index contributed by atoms with van der Waals surface area (Å²) in [5.41, 5.74) is 2.47. The molecule has 2 aliphatic rings. The molecule has 0 fully saturated rings. The van der Waals surface area contributed by atoms with Gasteiger partial charge in [0.2, 0.25) is 0 Å². The molecule has 1 aliphatic heterocycles. The predicted molar refractivity (Wildman–Crippen MR) is 106 cm³/mol. The number of hydrogen-bond donors (Lipinski definition) is 2. The first-order valence-corrected chi connectivity index (χ1v) is 9.42. The Morgan fingerprint density at radius 3 is 2.57 bits per heavy atom. The van der Waals surface area contributed by atoms with Gasteiger partial charge in [0.25, 0.3) is 5.56 Å². The normalized spacial score (nSPS) is 20.5. The largest absolute Gasteiger partial charge is 0.468 e. The number of furan rings is 1. The van der Waals surface area contributed by atoms with Crippen molar-refractivity contribution in [3.8, 4) is 5.69 Å². The summed E-state index contributed by atoms with van der Waals surface area (Å²) in [5.74, 6) is 0.801. The molecular weight excluding hydrogens is 354 g/mol. The van der Waals surface area contributed by atoms with E-state index < -0.39 is 5.92 Å². The van der Waals surface area contributed by atoms with Gasteiger partial charge in [-0.25, -0.2) is 4.68 Å². The van der Waals surface area contributed by atoms with Crippen molar-refractivity contribution in [3.05, 3.63) is 81.7 Å². The summed E-state index contributed by atoms with van der Waals surface area (Å²) in [4.78, 5) is 26.4. The van der Waals surface area contributed by atoms with Crippen LogP contribution >= 0.6 is 0 Å². The van der Waals surface area contributed by atoms with Crippen LogP contribution in [0, 0.1) is 5.41 Å². The molecule has 2 aromatic heterocycles. The number of aromatic amines is 1. The lowest BCUT2D eigenvalue weighted by Gasteiger charge is -2.37. The number of benzene rings is 1. The topological polar surface area (TPSA) is 80.0 Å². The maximum absolute atomic E-state index is 13.3. The van der Waals surface area contributed by atoms with E-state index in [1.165, 1.54) is 4.68 Å². The van der Waals surface area contributed by atoms with Crippen molar-refractivity contribution < 1.29 is 9.21 Å². The molecule has 2 N–H and O–H groups in total. The summed E-state index contributed by atoms with van der Waals surface area (Å²) in [5, 5.41) is 6.54. The zero-order valence-corrected chi connectivity index (χ0v) is 15.8. The van der Waals surface area contributed by atoms with Crippen LogP contribution < -0.4 is 10.9 Å². The number of ketones is 1. The fourth-order valence-corrected chi connectivity index (χ4v) is 4.39. The molecule has 3 aromatic rings. The molecule has 1 aliphatic carbocycles. The lowest BCUT2D eigenvalue weighted by atomic mass is 9.70. The highest BCUT2D eigenvalue weighted by Crippen LogP contribution is 2.47. The Morgan fingerprint density at radius 2 is 1.86 bits per heavy atom. The number of hydrogen-bond acceptors (Lipinski definition) is 4. The van der Waals surface area contributed by atoms with Gasteiger partial charge in [-0.15, -0.1) is 0 Å². The van der Waals surface area contributed by atoms with Gasteiger partial charge in [-0.05, 0) is 36.1 Å². The van der Waals surface area contributed by atoms with Gasteiger partial charge < -0.3 is 9.73 Å². The molecule has 1 aromatic carbocycles. The van der Waals surface area contributed by atoms with E-state index in [0.29, 0.717) is 29.1 Å². The summed E-state index contributed by atoms with van der Waals surface area (Å²) in [6, 6.07) is 13.0. The van der Waals surface area contributed by atoms with E-state index in [4.69, 9.17) is 4.42 Å². The molecule has 3 heterocycles. The Labute approximate surface area is 161 Å². The van der Waals surface area contributed by atoms with Crippen LogP contribution in [0.5, 0.6) is 0 Å². The highest BCUT2D eigenvalue weighted by molar-refractivity contribution is 6.01. The molecule has 6 nitrogen and oxygen atoms in total. The number of rotatable bonds is 2. The van der Waals surface area contributed by atoms with Crippen molar-refractivity contribution in [1.29, 1.82) is 0 Å². The minimum atomic E-state index is -0.501. The average molecular weight is 375 g/mol. The van der Waals surface area contributed by atoms with E-state index in [-0.39, 0.29) is 16.8 Å². The van der Waals surface area contributed by atoms with E-state index in [1.54, 1.807) is 12.3 Å². The van der Waals surface area contributed by atoms with Gasteiger partial charge in [-0.3, -0.25) is 14.7 Å². The molecule has 0 bridgehead atoms. The molecule has 142 valence electrons. The number of Topliss-reactive ketones (excluding diaryl/α,β-unsaturated/α-hetero) is 1. The molecule has 0 amide bonds. The summed E-state index contributed by atoms with van der Waals surface area (Å²) in [6.07, 6.45) is 2.78. The highest BCUT2D eigenvalue weighted by atomic mass is 16.3. The Hall–Kier alpha value is -3.28. The molecule has 0 radical (unpaired) electrons. The maximum atomic E-state index is 13.3. The number of fused-ring (bicyclic) bond motifs is 1. The first kappa shape index (κ1) is 16.9. The second kappa shape index (κ2) is 5.86. The number of carbonyl (C=O) groups is 1. The third-order valence-electron chi connectivity index (χ3n) is 5.54. The fraction of sp³-hybridized carbons (Fsp3) is 0.273. The van der Waals surface area contributed by atoms with Crippen LogP contribution in [0.3, 0.4) is 0 Å². The van der Waals surface area contributed by atoms with Crippen molar-refractivity contribution in [2.24, 2.45) is 5.41 Å². The lowest BCUT2D eigenvalue weighted by molar-refractivity contribution is -0.118. The molecule has 6 heteroatoms. The Morgan fingerprint density at radius 1 is 1.07 bits per heavy atom. The first-order valence-electron chi connectivity index (χ1n) is 9.42. The van der Waals surface area contributed by atoms with Crippen LogP contribution in [0.1, 0.15) is 43.9 Å². The van der Waals surface area contributed by atoms with Gasteiger partial charge in [0.1, 0.15) is 11.6 Å². The van der Waals surface area contributed by atoms with E-state index in [2.05, 4.69) is 24.3 Å². The van der Waals surface area contributed by atoms with Gasteiger partial charge >= 0.3 is 0 Å². The van der Waals surface area contributed by atoms with Crippen molar-refractivity contribution in [1.82, 2.24) is 9.78 Å². The summed E-state index contributed by atoms with van der Waals surface area (Å²) < 4.78 is 7.19. The van der Waals surface area contributed by atoms with Crippen molar-refractivity contribution in [2.75, 3.05) is 5.32 Å². The number of nitrogens with one attached hydrogen (secondary N) is 2. The number of anilines is 1. The molecule has 5 rings (SSSR count). The summed E-state index contributed by atoms with van der Waals surface area (Å²) in [6.45, 7) is 4.18. The average Bonchev–Trinajstić information content (AvgIpc) is 3.28. The molecule has 0 saturated carbocycles. The van der Waals surface area contributed by atoms with Crippen LogP contribution in [0.15, 0.2) is 69.2 Å². The molecule has 0 spiro atoms. The van der Waals surface area contributed by atoms with Crippen LogP contribution in [0.2, 0.25) is 0 Å². The van der Waals surface area contributed by atoms with Gasteiger partial charge in [-0.1, -0.05) is 32.0 Å². The minimum absolute atomic E-state index is 0.0673. The third-order valence-corrected chi connectivity index (χ3v) is 5.54. The summed E-state index contributed by atoms with van der Waals surface area (Å²) in [7, 11) is 0. The minimum Gasteiger partial charge on any atom is -0.468 e. The van der Waals surface area contributed by atoms with Crippen molar-refractivity contribution in [3.63, 3.8) is 0 Å². The van der Waals surface area contributed by atoms with E-state index in [1.807, 2.05) is 36.4 Å². The second-order valence-electron chi connectivity index (χ2n) is 8.28. The zero-order chi connectivity index (χ0) is 19.5. The van der Waals surface area contributed by atoms with E-state index >= 15 is 0 Å². The smallest absolute Gasteiger partial charge is 0.277 e. The van der Waals surface area contributed by atoms with Crippen LogP contribution in [0.4, 0.5) is 5.82 Å². The highest BCUT2D eigenvalue weighted by Gasteiger charge is 2.43. The number of para-hydroxylation sites is 1. The molecule has 28 heavy (non-hydrogen) atoms. The Bertz CT molecular complexity index is 1150. The first-order chi connectivity index (χ1) is 13.4. The lowest BCUT2D eigenvalue weighted by Crippen LogP contribution is -2.35. The Balaban J connectivity index is 1.74. The monoisotopic (exact) mass is 375 g/mol. The maximum Gasteiger partial charge on any atom is 0.277 e. The van der Waals surface area contributed by atoms with E-state index in [0.717, 1.165) is 17.8 Å². The Kier molecular flexibility index (Phi) is 3.53. The predicted octanol–water partition coefficient (Wildman–Crippen LogP) is 3.96. The second-order valence-corrected chi connectivity index (χ2v) is 8.28. The SMILES string of the molecule is CC1(C)CC(=O)C2=C(C1)Nc1[nH]n(-c3ccccc3)c(=O)c1[C@H]2c1ccco1. The quantitative estimate of drug-likeness (QED) is 0.710. The molecule has 1 atom stereocenters.